The van der Waals surface area contributed by atoms with E-state index in [1.54, 1.807) is 11.3 Å². The molecule has 0 aliphatic carbocycles. The maximum absolute atomic E-state index is 8.93. The molecular weight excluding hydrogens is 348 g/mol. The number of aromatic nitrogens is 2. The number of anilines is 2. The lowest BCUT2D eigenvalue weighted by atomic mass is 10.2. The van der Waals surface area contributed by atoms with Crippen molar-refractivity contribution in [1.82, 2.24) is 9.38 Å². The fourth-order valence-electron chi connectivity index (χ4n) is 2.29. The molecule has 4 nitrogen and oxygen atoms in total. The molecule has 1 aromatic carbocycles. The minimum absolute atomic E-state index is 0.460. The third-order valence-corrected chi connectivity index (χ3v) is 4.52. The van der Waals surface area contributed by atoms with E-state index in [9.17, 15) is 0 Å². The highest BCUT2D eigenvalue weighted by Gasteiger charge is 2.19. The zero-order chi connectivity index (χ0) is 14.7. The SMILES string of the molecule is N#CCCN(c1ccccc1)c1nc2sccn2c1CBr. The molecule has 3 aromatic rings. The monoisotopic (exact) mass is 360 g/mol. The third kappa shape index (κ3) is 2.67. The second-order valence-electron chi connectivity index (χ2n) is 4.47. The number of rotatable bonds is 5. The molecule has 106 valence electrons. The molecule has 0 radical (unpaired) electrons. The Balaban J connectivity index is 2.09. The lowest BCUT2D eigenvalue weighted by molar-refractivity contribution is 0.924. The summed E-state index contributed by atoms with van der Waals surface area (Å²) in [6.07, 6.45) is 2.49. The number of para-hydroxylation sites is 1. The van der Waals surface area contributed by atoms with Gasteiger partial charge >= 0.3 is 0 Å². The molecule has 21 heavy (non-hydrogen) atoms. The summed E-state index contributed by atoms with van der Waals surface area (Å²) in [5.41, 5.74) is 2.16. The molecule has 0 spiro atoms. The molecule has 0 aliphatic rings. The first-order valence-corrected chi connectivity index (χ1v) is 8.55. The zero-order valence-electron chi connectivity index (χ0n) is 11.2. The van der Waals surface area contributed by atoms with Crippen LogP contribution in [0, 0.1) is 11.3 Å². The van der Waals surface area contributed by atoms with Crippen LogP contribution in [0.25, 0.3) is 4.96 Å². The van der Waals surface area contributed by atoms with Crippen LogP contribution >= 0.6 is 27.3 Å². The summed E-state index contributed by atoms with van der Waals surface area (Å²) in [4.78, 5) is 7.82. The molecule has 0 bridgehead atoms. The van der Waals surface area contributed by atoms with Gasteiger partial charge in [0.25, 0.3) is 0 Å². The van der Waals surface area contributed by atoms with Crippen molar-refractivity contribution in [2.45, 2.75) is 11.8 Å². The number of imidazole rings is 1. The number of alkyl halides is 1. The average Bonchev–Trinajstić information content (AvgIpc) is 3.09. The van der Waals surface area contributed by atoms with Crippen molar-refractivity contribution < 1.29 is 0 Å². The minimum atomic E-state index is 0.460. The van der Waals surface area contributed by atoms with Crippen molar-refractivity contribution in [3.8, 4) is 6.07 Å². The van der Waals surface area contributed by atoms with Crippen LogP contribution in [0.5, 0.6) is 0 Å². The second kappa shape index (κ2) is 6.29. The molecule has 0 saturated heterocycles. The number of hydrogen-bond acceptors (Lipinski definition) is 4. The smallest absolute Gasteiger partial charge is 0.195 e. The van der Waals surface area contributed by atoms with E-state index >= 15 is 0 Å². The summed E-state index contributed by atoms with van der Waals surface area (Å²) in [7, 11) is 0. The van der Waals surface area contributed by atoms with Gasteiger partial charge < -0.3 is 4.90 Å². The second-order valence-corrected chi connectivity index (χ2v) is 5.90. The van der Waals surface area contributed by atoms with Crippen molar-refractivity contribution in [2.24, 2.45) is 0 Å². The Kier molecular flexibility index (Phi) is 4.23. The van der Waals surface area contributed by atoms with Gasteiger partial charge in [-0.05, 0) is 12.1 Å². The summed E-state index contributed by atoms with van der Waals surface area (Å²) >= 11 is 5.17. The normalized spacial score (nSPS) is 10.7. The van der Waals surface area contributed by atoms with E-state index in [4.69, 9.17) is 10.2 Å². The van der Waals surface area contributed by atoms with Gasteiger partial charge in [-0.25, -0.2) is 4.98 Å². The highest BCUT2D eigenvalue weighted by molar-refractivity contribution is 9.08. The van der Waals surface area contributed by atoms with Crippen LogP contribution in [0.1, 0.15) is 12.1 Å². The summed E-state index contributed by atoms with van der Waals surface area (Å²) in [5.74, 6) is 0.917. The topological polar surface area (TPSA) is 44.3 Å². The number of fused-ring (bicyclic) bond motifs is 1. The van der Waals surface area contributed by atoms with Crippen molar-refractivity contribution in [1.29, 1.82) is 5.26 Å². The van der Waals surface area contributed by atoms with E-state index < -0.39 is 0 Å². The van der Waals surface area contributed by atoms with Crippen LogP contribution in [0.15, 0.2) is 41.9 Å². The van der Waals surface area contributed by atoms with E-state index in [2.05, 4.69) is 31.3 Å². The molecule has 0 amide bonds. The highest BCUT2D eigenvalue weighted by Crippen LogP contribution is 2.31. The van der Waals surface area contributed by atoms with Crippen molar-refractivity contribution in [3.05, 3.63) is 47.6 Å². The van der Waals surface area contributed by atoms with Crippen molar-refractivity contribution in [3.63, 3.8) is 0 Å². The van der Waals surface area contributed by atoms with Gasteiger partial charge in [-0.3, -0.25) is 4.40 Å². The lowest BCUT2D eigenvalue weighted by Crippen LogP contribution is -2.19. The molecule has 0 N–H and O–H groups in total. The van der Waals surface area contributed by atoms with Crippen LogP contribution in [-0.2, 0) is 5.33 Å². The molecule has 0 unspecified atom stereocenters. The summed E-state index contributed by atoms with van der Waals surface area (Å²) in [6.45, 7) is 0.630. The Morgan fingerprint density at radius 2 is 2.14 bits per heavy atom. The average molecular weight is 361 g/mol. The molecule has 2 heterocycles. The van der Waals surface area contributed by atoms with E-state index in [0.717, 1.165) is 27.5 Å². The van der Waals surface area contributed by atoms with Crippen LogP contribution < -0.4 is 4.90 Å². The standard InChI is InChI=1S/C15H13BrN4S/c16-11-13-14(18-15-20(13)9-10-21-15)19(8-4-7-17)12-5-2-1-3-6-12/h1-3,5-6,9-10H,4,8,11H2. The molecule has 0 aliphatic heterocycles. The van der Waals surface area contributed by atoms with Gasteiger partial charge in [-0.1, -0.05) is 34.1 Å². The Bertz CT molecular complexity index is 772. The number of thiazole rings is 1. The van der Waals surface area contributed by atoms with E-state index in [-0.39, 0.29) is 0 Å². The maximum Gasteiger partial charge on any atom is 0.195 e. The lowest BCUT2D eigenvalue weighted by Gasteiger charge is -2.22. The van der Waals surface area contributed by atoms with E-state index in [1.807, 2.05) is 41.9 Å². The van der Waals surface area contributed by atoms with Crippen molar-refractivity contribution in [2.75, 3.05) is 11.4 Å². The van der Waals surface area contributed by atoms with Gasteiger partial charge in [0, 0.05) is 29.1 Å². The third-order valence-electron chi connectivity index (χ3n) is 3.24. The van der Waals surface area contributed by atoms with Crippen LogP contribution in [-0.4, -0.2) is 15.9 Å². The molecule has 0 fully saturated rings. The Morgan fingerprint density at radius 3 is 2.86 bits per heavy atom. The molecular formula is C15H13BrN4S. The molecule has 0 saturated carbocycles. The Morgan fingerprint density at radius 1 is 1.33 bits per heavy atom. The van der Waals surface area contributed by atoms with Gasteiger partial charge in [0.05, 0.1) is 18.2 Å². The Hall–Kier alpha value is -1.84. The van der Waals surface area contributed by atoms with Crippen LogP contribution in [0.3, 0.4) is 0 Å². The maximum atomic E-state index is 8.93. The summed E-state index contributed by atoms with van der Waals surface area (Å²) in [5, 5.41) is 11.7. The quantitative estimate of drug-likeness (QED) is 0.635. The van der Waals surface area contributed by atoms with E-state index in [0.29, 0.717) is 13.0 Å². The predicted molar refractivity (Wildman–Crippen MR) is 89.4 cm³/mol. The first kappa shape index (κ1) is 14.1. The van der Waals surface area contributed by atoms with Gasteiger partial charge in [-0.15, -0.1) is 11.3 Å². The van der Waals surface area contributed by atoms with Crippen LogP contribution in [0.4, 0.5) is 11.5 Å². The largest absolute Gasteiger partial charge is 0.324 e. The molecule has 3 rings (SSSR count). The first-order valence-electron chi connectivity index (χ1n) is 6.55. The first-order chi connectivity index (χ1) is 10.3. The number of nitrogens with zero attached hydrogens (tertiary/aromatic N) is 4. The van der Waals surface area contributed by atoms with Crippen LogP contribution in [0.2, 0.25) is 0 Å². The van der Waals surface area contributed by atoms with Crippen molar-refractivity contribution >= 4 is 43.7 Å². The number of hydrogen-bond donors (Lipinski definition) is 0. The number of nitriles is 1. The van der Waals surface area contributed by atoms with Gasteiger partial charge in [0.2, 0.25) is 0 Å². The van der Waals surface area contributed by atoms with Gasteiger partial charge in [0.1, 0.15) is 0 Å². The number of halogens is 1. The molecule has 0 atom stereocenters. The minimum Gasteiger partial charge on any atom is -0.324 e. The Labute approximate surface area is 135 Å². The van der Waals surface area contributed by atoms with Gasteiger partial charge in [0.15, 0.2) is 10.8 Å². The fraction of sp³-hybridized carbons (Fsp3) is 0.200. The predicted octanol–water partition coefficient (Wildman–Crippen LogP) is 4.34. The highest BCUT2D eigenvalue weighted by atomic mass is 79.9. The summed E-state index contributed by atoms with van der Waals surface area (Å²) < 4.78 is 2.09. The fourth-order valence-corrected chi connectivity index (χ4v) is 3.54. The number of benzene rings is 1. The van der Waals surface area contributed by atoms with E-state index in [1.165, 1.54) is 0 Å². The van der Waals surface area contributed by atoms with Gasteiger partial charge in [-0.2, -0.15) is 5.26 Å². The molecule has 6 heteroatoms. The summed E-state index contributed by atoms with van der Waals surface area (Å²) in [6, 6.07) is 12.3. The zero-order valence-corrected chi connectivity index (χ0v) is 13.6. The molecule has 2 aromatic heterocycles.